The molecule has 0 aliphatic heterocycles. The van der Waals surface area contributed by atoms with Crippen molar-refractivity contribution >= 4 is 11.8 Å². The molecule has 0 aromatic carbocycles. The van der Waals surface area contributed by atoms with Crippen LogP contribution in [0.15, 0.2) is 12.4 Å². The quantitative estimate of drug-likeness (QED) is 0.799. The van der Waals surface area contributed by atoms with Gasteiger partial charge in [0.15, 0.2) is 0 Å². The smallest absolute Gasteiger partial charge is 0.0910 e. The summed E-state index contributed by atoms with van der Waals surface area (Å²) < 4.78 is 1.90. The van der Waals surface area contributed by atoms with Gasteiger partial charge in [0.25, 0.3) is 0 Å². The van der Waals surface area contributed by atoms with E-state index in [2.05, 4.69) is 25.9 Å². The number of nitrogens with zero attached hydrogens (tertiary/aromatic N) is 2. The molecule has 0 fully saturated rings. The summed E-state index contributed by atoms with van der Waals surface area (Å²) in [5, 5.41) is 14.8. The maximum absolute atomic E-state index is 9.97. The Morgan fingerprint density at radius 2 is 2.25 bits per heavy atom. The first kappa shape index (κ1) is 13.6. The van der Waals surface area contributed by atoms with Gasteiger partial charge in [-0.1, -0.05) is 20.8 Å². The summed E-state index contributed by atoms with van der Waals surface area (Å²) >= 11 is 1.81. The van der Waals surface area contributed by atoms with Crippen molar-refractivity contribution in [3.8, 4) is 0 Å². The van der Waals surface area contributed by atoms with Crippen LogP contribution in [-0.4, -0.2) is 25.9 Å². The van der Waals surface area contributed by atoms with Gasteiger partial charge < -0.3 is 5.11 Å². The summed E-state index contributed by atoms with van der Waals surface area (Å²) in [6.45, 7) is 7.41. The molecule has 3 nitrogen and oxygen atoms in total. The van der Waals surface area contributed by atoms with Gasteiger partial charge in [-0.25, -0.2) is 0 Å². The fourth-order valence-corrected chi connectivity index (χ4v) is 2.31. The van der Waals surface area contributed by atoms with Crippen molar-refractivity contribution in [1.82, 2.24) is 9.78 Å². The molecule has 0 spiro atoms. The van der Waals surface area contributed by atoms with Crippen molar-refractivity contribution in [1.29, 1.82) is 0 Å². The number of aliphatic hydroxyl groups is 1. The van der Waals surface area contributed by atoms with E-state index >= 15 is 0 Å². The van der Waals surface area contributed by atoms with Crippen LogP contribution in [0.2, 0.25) is 0 Å². The van der Waals surface area contributed by atoms with E-state index in [4.69, 9.17) is 0 Å². The molecule has 2 atom stereocenters. The molecule has 0 amide bonds. The highest BCUT2D eigenvalue weighted by atomic mass is 32.2. The number of thioether (sulfide) groups is 1. The Kier molecular flexibility index (Phi) is 5.91. The molecule has 0 aliphatic rings. The molecule has 1 aromatic rings. The Balaban J connectivity index is 2.42. The van der Waals surface area contributed by atoms with Gasteiger partial charge in [-0.2, -0.15) is 16.9 Å². The molecule has 1 aromatic heterocycles. The summed E-state index contributed by atoms with van der Waals surface area (Å²) in [5.41, 5.74) is 0.934. The molecule has 4 heteroatoms. The van der Waals surface area contributed by atoms with Crippen LogP contribution in [0.3, 0.4) is 0 Å². The van der Waals surface area contributed by atoms with Gasteiger partial charge in [0.1, 0.15) is 0 Å². The fraction of sp³-hybridized carbons (Fsp3) is 0.750. The average Bonchev–Trinajstić information content (AvgIpc) is 2.74. The van der Waals surface area contributed by atoms with Crippen LogP contribution >= 0.6 is 11.8 Å². The third-order valence-corrected chi connectivity index (χ3v) is 4.01. The molecule has 0 radical (unpaired) electrons. The van der Waals surface area contributed by atoms with E-state index in [1.165, 1.54) is 0 Å². The summed E-state index contributed by atoms with van der Waals surface area (Å²) in [5.74, 6) is 0.757. The topological polar surface area (TPSA) is 38.0 Å². The van der Waals surface area contributed by atoms with Crippen molar-refractivity contribution in [3.05, 3.63) is 18.0 Å². The number of hydrogen-bond acceptors (Lipinski definition) is 3. The van der Waals surface area contributed by atoms with Gasteiger partial charge in [-0.15, -0.1) is 0 Å². The van der Waals surface area contributed by atoms with Crippen molar-refractivity contribution in [3.63, 3.8) is 0 Å². The van der Waals surface area contributed by atoms with Gasteiger partial charge in [-0.05, 0) is 12.8 Å². The molecule has 2 unspecified atom stereocenters. The third-order valence-electron chi connectivity index (χ3n) is 2.60. The fourth-order valence-electron chi connectivity index (χ4n) is 1.37. The minimum absolute atomic E-state index is 0.385. The van der Waals surface area contributed by atoms with E-state index in [0.717, 1.165) is 30.7 Å². The summed E-state index contributed by atoms with van der Waals surface area (Å²) in [7, 11) is 0. The number of aliphatic hydroxyl groups excluding tert-OH is 1. The first-order chi connectivity index (χ1) is 7.67. The van der Waals surface area contributed by atoms with E-state index in [9.17, 15) is 5.11 Å². The molecular formula is C12H22N2OS. The lowest BCUT2D eigenvalue weighted by molar-refractivity contribution is 0.204. The zero-order valence-electron chi connectivity index (χ0n) is 10.4. The molecule has 0 aliphatic carbocycles. The van der Waals surface area contributed by atoms with E-state index in [-0.39, 0.29) is 6.10 Å². The van der Waals surface area contributed by atoms with Crippen LogP contribution < -0.4 is 0 Å². The molecule has 0 saturated heterocycles. The maximum Gasteiger partial charge on any atom is 0.0910 e. The lowest BCUT2D eigenvalue weighted by Crippen LogP contribution is -2.04. The second-order valence-corrected chi connectivity index (χ2v) is 5.58. The molecule has 0 bridgehead atoms. The van der Waals surface area contributed by atoms with E-state index in [1.54, 1.807) is 6.20 Å². The van der Waals surface area contributed by atoms with Crippen molar-refractivity contribution in [2.75, 3.05) is 5.75 Å². The molecule has 92 valence electrons. The number of aromatic nitrogens is 2. The van der Waals surface area contributed by atoms with Gasteiger partial charge in [0, 0.05) is 29.3 Å². The Hall–Kier alpha value is -0.480. The Labute approximate surface area is 102 Å². The highest BCUT2D eigenvalue weighted by Crippen LogP contribution is 2.22. The minimum atomic E-state index is -0.385. The average molecular weight is 242 g/mol. The zero-order chi connectivity index (χ0) is 12.0. The Morgan fingerprint density at radius 3 is 2.88 bits per heavy atom. The van der Waals surface area contributed by atoms with Gasteiger partial charge in [0.05, 0.1) is 12.3 Å². The monoisotopic (exact) mass is 242 g/mol. The molecule has 1 rings (SSSR count). The largest absolute Gasteiger partial charge is 0.387 e. The normalized spacial score (nSPS) is 15.0. The number of aryl methyl sites for hydroxylation is 1. The molecule has 0 saturated carbocycles. The Morgan fingerprint density at radius 1 is 1.50 bits per heavy atom. The van der Waals surface area contributed by atoms with Gasteiger partial charge in [0.2, 0.25) is 0 Å². The first-order valence-corrected chi connectivity index (χ1v) is 7.04. The molecular weight excluding hydrogens is 220 g/mol. The predicted octanol–water partition coefficient (Wildman–Crippen LogP) is 2.86. The van der Waals surface area contributed by atoms with Crippen LogP contribution in [0, 0.1) is 0 Å². The lowest BCUT2D eigenvalue weighted by atomic mass is 10.2. The van der Waals surface area contributed by atoms with Crippen LogP contribution in [0.1, 0.15) is 45.3 Å². The van der Waals surface area contributed by atoms with E-state index < -0.39 is 0 Å². The van der Waals surface area contributed by atoms with Crippen molar-refractivity contribution in [2.24, 2.45) is 0 Å². The third kappa shape index (κ3) is 4.18. The van der Waals surface area contributed by atoms with Gasteiger partial charge >= 0.3 is 0 Å². The second-order valence-electron chi connectivity index (χ2n) is 4.10. The predicted molar refractivity (Wildman–Crippen MR) is 69.7 cm³/mol. The molecule has 1 heterocycles. The number of hydrogen-bond donors (Lipinski definition) is 1. The molecule has 1 N–H and O–H groups in total. The molecule has 16 heavy (non-hydrogen) atoms. The highest BCUT2D eigenvalue weighted by molar-refractivity contribution is 7.99. The Bertz CT molecular complexity index is 301. The van der Waals surface area contributed by atoms with Gasteiger partial charge in [-0.3, -0.25) is 4.68 Å². The van der Waals surface area contributed by atoms with Crippen LogP contribution in [0.25, 0.3) is 0 Å². The van der Waals surface area contributed by atoms with Crippen molar-refractivity contribution < 1.29 is 5.11 Å². The minimum Gasteiger partial charge on any atom is -0.387 e. The SMILES string of the molecule is CCCn1cc(C(O)CSC(C)CC)cn1. The summed E-state index contributed by atoms with van der Waals surface area (Å²) in [4.78, 5) is 0. The second kappa shape index (κ2) is 6.97. The highest BCUT2D eigenvalue weighted by Gasteiger charge is 2.11. The standard InChI is InChI=1S/C12H22N2OS/c1-4-6-14-8-11(7-13-14)12(15)9-16-10(3)5-2/h7-8,10,12,15H,4-6,9H2,1-3H3. The van der Waals surface area contributed by atoms with Crippen LogP contribution in [-0.2, 0) is 6.54 Å². The number of rotatable bonds is 7. The summed E-state index contributed by atoms with van der Waals surface area (Å²) in [6, 6.07) is 0. The van der Waals surface area contributed by atoms with Crippen molar-refractivity contribution in [2.45, 2.75) is 51.5 Å². The van der Waals surface area contributed by atoms with E-state index in [0.29, 0.717) is 5.25 Å². The van der Waals surface area contributed by atoms with E-state index in [1.807, 2.05) is 22.6 Å². The maximum atomic E-state index is 9.97. The lowest BCUT2D eigenvalue weighted by Gasteiger charge is -2.11. The van der Waals surface area contributed by atoms with Crippen LogP contribution in [0.5, 0.6) is 0 Å². The summed E-state index contributed by atoms with van der Waals surface area (Å²) in [6.07, 6.45) is 5.55. The zero-order valence-corrected chi connectivity index (χ0v) is 11.2. The first-order valence-electron chi connectivity index (χ1n) is 5.99. The van der Waals surface area contributed by atoms with Crippen LogP contribution in [0.4, 0.5) is 0 Å².